The largest absolute Gasteiger partial charge is 0.394 e. The van der Waals surface area contributed by atoms with Crippen LogP contribution in [0, 0.1) is 17.8 Å². The highest BCUT2D eigenvalue weighted by atomic mass is 16.7. The molecule has 0 aromatic carbocycles. The Morgan fingerprint density at radius 1 is 0.337 bits per heavy atom. The van der Waals surface area contributed by atoms with Crippen LogP contribution in [0.5, 0.6) is 0 Å². The Kier molecular flexibility index (Phi) is 49.3. The third-order valence-electron chi connectivity index (χ3n) is 19.4. The number of unbranched alkanes of at least 4 members (excludes halogenated alkanes) is 10. The number of hydrogen-bond acceptors (Lipinski definition) is 24. The summed E-state index contributed by atoms with van der Waals surface area (Å²) in [6.07, 6.45) is 0.200. The summed E-state index contributed by atoms with van der Waals surface area (Å²) in [7, 11) is 0. The number of nitrogens with one attached hydrogen (secondary N) is 7. The molecule has 0 aromatic rings. The van der Waals surface area contributed by atoms with Gasteiger partial charge in [0, 0.05) is 147 Å². The third-order valence-corrected chi connectivity index (χ3v) is 19.4. The first-order valence-electron chi connectivity index (χ1n) is 38.6. The van der Waals surface area contributed by atoms with Crippen molar-refractivity contribution in [3.05, 3.63) is 0 Å². The Bertz CT molecular complexity index is 2190. The number of amides is 7. The van der Waals surface area contributed by atoms with Crippen molar-refractivity contribution in [2.45, 2.75) is 313 Å². The average molecular weight is 1490 g/mol. The Morgan fingerprint density at radius 3 is 0.990 bits per heavy atom. The van der Waals surface area contributed by atoms with Gasteiger partial charge in [0.25, 0.3) is 0 Å². The van der Waals surface area contributed by atoms with Crippen molar-refractivity contribution >= 4 is 47.1 Å². The molecule has 0 spiro atoms. The molecule has 6 unspecified atom stereocenters. The first-order valence-corrected chi connectivity index (χ1v) is 38.6. The van der Waals surface area contributed by atoms with Crippen molar-refractivity contribution in [1.82, 2.24) is 37.2 Å². The smallest absolute Gasteiger partial charge is 0.220 e. The number of ketones is 1. The van der Waals surface area contributed by atoms with Crippen molar-refractivity contribution in [2.24, 2.45) is 17.8 Å². The van der Waals surface area contributed by atoms with Gasteiger partial charge in [-0.15, -0.1) is 0 Å². The number of aliphatic hydroxyl groups excluding tert-OH is 9. The predicted molar refractivity (Wildman–Crippen MR) is 382 cm³/mol. The molecular weight excluding hydrogens is 1360 g/mol. The number of carbonyl (C=O) groups is 8. The average Bonchev–Trinajstić information content (AvgIpc) is 0.839. The lowest BCUT2D eigenvalue weighted by atomic mass is 9.82. The number of rotatable bonds is 59. The van der Waals surface area contributed by atoms with Gasteiger partial charge in [-0.25, -0.2) is 0 Å². The minimum absolute atomic E-state index is 0.00137. The van der Waals surface area contributed by atoms with Crippen LogP contribution in [0.3, 0.4) is 0 Å². The van der Waals surface area contributed by atoms with Crippen LogP contribution in [0.4, 0.5) is 0 Å². The van der Waals surface area contributed by atoms with Gasteiger partial charge >= 0.3 is 0 Å². The summed E-state index contributed by atoms with van der Waals surface area (Å²) in [6, 6.07) is 0. The third kappa shape index (κ3) is 38.9. The van der Waals surface area contributed by atoms with Gasteiger partial charge in [-0.3, -0.25) is 38.4 Å². The van der Waals surface area contributed by atoms with Gasteiger partial charge in [0.15, 0.2) is 18.9 Å². The number of ether oxygens (including phenoxy) is 7. The molecule has 104 heavy (non-hydrogen) atoms. The van der Waals surface area contributed by atoms with E-state index < -0.39 is 123 Å². The number of aliphatic hydroxyl groups is 9. The molecule has 3 saturated heterocycles. The highest BCUT2D eigenvalue weighted by molar-refractivity contribution is 5.82. The van der Waals surface area contributed by atoms with Gasteiger partial charge < -0.3 is 116 Å². The second-order valence-corrected chi connectivity index (χ2v) is 28.6. The van der Waals surface area contributed by atoms with Crippen LogP contribution in [0.15, 0.2) is 0 Å². The molecule has 3 aliphatic heterocycles. The molecule has 3 fully saturated rings. The number of carbonyl (C=O) groups excluding carboxylic acids is 8. The van der Waals surface area contributed by atoms with Gasteiger partial charge in [-0.2, -0.15) is 0 Å². The topological polar surface area (TPSA) is 467 Å². The van der Waals surface area contributed by atoms with E-state index in [2.05, 4.69) is 37.2 Å². The van der Waals surface area contributed by atoms with Gasteiger partial charge in [0.2, 0.25) is 41.4 Å². The molecule has 3 heterocycles. The van der Waals surface area contributed by atoms with Crippen molar-refractivity contribution in [3.63, 3.8) is 0 Å². The number of Topliss-reactive ketones (excluding diaryl/α,β-unsaturated/α-hetero) is 1. The maximum Gasteiger partial charge on any atom is 0.220 e. The monoisotopic (exact) mass is 1490 g/mol. The molecule has 31 nitrogen and oxygen atoms in total. The minimum Gasteiger partial charge on any atom is -0.394 e. The normalized spacial score (nSPS) is 25.4. The summed E-state index contributed by atoms with van der Waals surface area (Å²) >= 11 is 0. The Hall–Kier alpha value is -4.68. The summed E-state index contributed by atoms with van der Waals surface area (Å²) in [5, 5.41) is 110. The van der Waals surface area contributed by atoms with E-state index in [1.54, 1.807) is 20.8 Å². The maximum absolute atomic E-state index is 14.0. The van der Waals surface area contributed by atoms with E-state index in [0.717, 1.165) is 25.7 Å². The molecule has 0 bridgehead atoms. The molecule has 7 amide bonds. The van der Waals surface area contributed by atoms with E-state index in [1.165, 1.54) is 0 Å². The highest BCUT2D eigenvalue weighted by Crippen LogP contribution is 2.31. The lowest BCUT2D eigenvalue weighted by molar-refractivity contribution is -0.282. The summed E-state index contributed by atoms with van der Waals surface area (Å²) in [5.74, 6) is -3.44. The van der Waals surface area contributed by atoms with E-state index in [9.17, 15) is 84.3 Å². The fraction of sp³-hybridized carbons (Fsp3) is 0.890. The van der Waals surface area contributed by atoms with E-state index in [-0.39, 0.29) is 157 Å². The lowest BCUT2D eigenvalue weighted by Crippen LogP contribution is -2.55. The molecule has 15 atom stereocenters. The molecule has 0 aromatic heterocycles. The molecule has 0 saturated carbocycles. The van der Waals surface area contributed by atoms with Crippen LogP contribution in [0.1, 0.15) is 227 Å². The Labute approximate surface area is 615 Å². The van der Waals surface area contributed by atoms with Crippen LogP contribution < -0.4 is 37.2 Å². The fourth-order valence-corrected chi connectivity index (χ4v) is 12.5. The number of hydrogen-bond donors (Lipinski definition) is 16. The quantitative estimate of drug-likeness (QED) is 0.0384. The molecular formula is C73H133N7O24. The zero-order valence-electron chi connectivity index (χ0n) is 62.8. The van der Waals surface area contributed by atoms with Crippen LogP contribution in [-0.2, 0) is 71.5 Å². The second-order valence-electron chi connectivity index (χ2n) is 28.6. The summed E-state index contributed by atoms with van der Waals surface area (Å²) in [6.45, 7) is 11.1. The van der Waals surface area contributed by atoms with Crippen molar-refractivity contribution in [3.8, 4) is 0 Å². The fourth-order valence-electron chi connectivity index (χ4n) is 12.5. The minimum atomic E-state index is -1.23. The summed E-state index contributed by atoms with van der Waals surface area (Å²) in [5.41, 5.74) is -1.23. The molecule has 0 radical (unpaired) electrons. The van der Waals surface area contributed by atoms with Crippen LogP contribution in [0.2, 0.25) is 0 Å². The van der Waals surface area contributed by atoms with Gasteiger partial charge in [-0.05, 0) is 117 Å². The molecule has 16 N–H and O–H groups in total. The Balaban J connectivity index is 1.57. The van der Waals surface area contributed by atoms with Gasteiger partial charge in [0.05, 0.1) is 44.2 Å². The molecule has 0 aliphatic carbocycles. The molecule has 31 heteroatoms. The first kappa shape index (κ1) is 93.5. The lowest BCUT2D eigenvalue weighted by Gasteiger charge is -2.40. The van der Waals surface area contributed by atoms with Crippen molar-refractivity contribution in [1.29, 1.82) is 0 Å². The second kappa shape index (κ2) is 54.8. The van der Waals surface area contributed by atoms with Crippen LogP contribution in [-0.4, -0.2) is 264 Å². The van der Waals surface area contributed by atoms with Crippen LogP contribution in [0.25, 0.3) is 0 Å². The Morgan fingerprint density at radius 2 is 0.625 bits per heavy atom. The molecule has 604 valence electrons. The van der Waals surface area contributed by atoms with E-state index in [1.807, 2.05) is 13.8 Å². The molecule has 3 rings (SSSR count). The standard InChI is InChI=1S/C73H133N7O24/c1-49(2)98-42-17-7-6-15-36-74-60(88)28-21-29-63(91)80-73(33-30-53(84)24-14-16-37-75-57(85)25-11-8-18-43-99-70-50(3)64(92)67(95)54(46-81)102-70,34-31-61(89)78-40-22-38-76-58(86)26-12-9-19-44-100-71-51(4)65(93)68(96)55(47-82)103-71)35-32-62(90)79-41-23-39-77-59(87)27-13-10-20-45-101-72-52(5)66(94)69(97)56(48-83)104-72/h49-52,54-56,64-72,81-83,92-97H,6-48H2,1-5H3,(H,74,88)(H,75,85)(H,76,86)(H,77,87)(H,78,89)(H,79,90)(H,80,91)/t50?,51?,52?,54?,55?,56?,64-,65-,66-,67+,68+,69+,70-,71-,72-,73?/m1/s1. The zero-order chi connectivity index (χ0) is 76.7. The summed E-state index contributed by atoms with van der Waals surface area (Å²) < 4.78 is 39.7. The first-order chi connectivity index (χ1) is 49.8. The predicted octanol–water partition coefficient (Wildman–Crippen LogP) is 1.51. The van der Waals surface area contributed by atoms with Crippen LogP contribution >= 0.6 is 0 Å². The van der Waals surface area contributed by atoms with Crippen molar-refractivity contribution in [2.75, 3.05) is 85.5 Å². The van der Waals surface area contributed by atoms with E-state index >= 15 is 0 Å². The highest BCUT2D eigenvalue weighted by Gasteiger charge is 2.45. The molecule has 3 aliphatic rings. The summed E-state index contributed by atoms with van der Waals surface area (Å²) in [4.78, 5) is 106. The van der Waals surface area contributed by atoms with E-state index in [0.29, 0.717) is 123 Å². The maximum atomic E-state index is 14.0. The van der Waals surface area contributed by atoms with E-state index in [4.69, 9.17) is 33.2 Å². The van der Waals surface area contributed by atoms with Gasteiger partial charge in [-0.1, -0.05) is 52.9 Å². The van der Waals surface area contributed by atoms with Gasteiger partial charge in [0.1, 0.15) is 42.4 Å². The van der Waals surface area contributed by atoms with Crippen molar-refractivity contribution < 1.29 is 117 Å². The SMILES string of the molecule is CC(C)OCCCCCCNC(=O)CCCC(=O)NC(CCC(=O)CCCCNC(=O)CCCCCO[C@@H]1OC(CO)[C@H](O)[C@H](O)C1C)(CCC(=O)NCCCNC(=O)CCCCCO[C@@H]1OC(CO)[C@H](O)[C@H](O)C1C)CCC(=O)NCCCNC(=O)CCCCCO[C@@H]1OC(CO)[C@H](O)[C@H](O)C1C. The zero-order valence-corrected chi connectivity index (χ0v) is 62.8.